The maximum atomic E-state index is 13.9. The summed E-state index contributed by atoms with van der Waals surface area (Å²) in [4.78, 5) is 37.5. The van der Waals surface area contributed by atoms with Gasteiger partial charge in [-0.15, -0.1) is 0 Å². The number of piperidine rings is 2. The number of carbonyl (C=O) groups excluding carboxylic acids is 2. The zero-order chi connectivity index (χ0) is 29.3. The fourth-order valence-electron chi connectivity index (χ4n) is 6.76. The predicted molar refractivity (Wildman–Crippen MR) is 162 cm³/mol. The number of benzene rings is 2. The smallest absolute Gasteiger partial charge is 0.226 e. The highest BCUT2D eigenvalue weighted by atomic mass is 16.3. The monoisotopic (exact) mass is 567 g/mol. The summed E-state index contributed by atoms with van der Waals surface area (Å²) in [6, 6.07) is 22.4. The molecule has 0 spiro atoms. The summed E-state index contributed by atoms with van der Waals surface area (Å²) >= 11 is 0. The van der Waals surface area contributed by atoms with Crippen molar-refractivity contribution in [2.45, 2.75) is 44.6 Å². The van der Waals surface area contributed by atoms with Gasteiger partial charge in [0, 0.05) is 73.8 Å². The molecule has 8 heteroatoms. The highest BCUT2D eigenvalue weighted by Crippen LogP contribution is 2.36. The lowest BCUT2D eigenvalue weighted by molar-refractivity contribution is -0.146. The van der Waals surface area contributed by atoms with E-state index in [0.29, 0.717) is 58.7 Å². The second-order valence-corrected chi connectivity index (χ2v) is 12.4. The van der Waals surface area contributed by atoms with Crippen LogP contribution >= 0.6 is 0 Å². The van der Waals surface area contributed by atoms with Gasteiger partial charge in [0.15, 0.2) is 0 Å². The molecule has 2 aromatic carbocycles. The minimum atomic E-state index is -0.881. The Bertz CT molecular complexity index is 1530. The van der Waals surface area contributed by atoms with E-state index in [0.717, 1.165) is 22.0 Å². The number of aromatic nitrogens is 1. The molecule has 0 saturated carbocycles. The van der Waals surface area contributed by atoms with E-state index in [2.05, 4.69) is 46.0 Å². The van der Waals surface area contributed by atoms with Crippen molar-refractivity contribution in [3.8, 4) is 5.69 Å². The van der Waals surface area contributed by atoms with E-state index in [9.17, 15) is 14.7 Å². The first kappa shape index (κ1) is 28.2. The molecule has 42 heavy (non-hydrogen) atoms. The minimum absolute atomic E-state index is 0.0297. The molecule has 1 N–H and O–H groups in total. The molecule has 4 heterocycles. The van der Waals surface area contributed by atoms with Gasteiger partial charge in [0.2, 0.25) is 11.8 Å². The molecule has 2 saturated heterocycles. The van der Waals surface area contributed by atoms with Gasteiger partial charge in [-0.1, -0.05) is 62.4 Å². The number of carbonyl (C=O) groups is 2. The molecule has 3 aliphatic heterocycles. The quantitative estimate of drug-likeness (QED) is 0.497. The third kappa shape index (κ3) is 5.73. The van der Waals surface area contributed by atoms with Gasteiger partial charge >= 0.3 is 0 Å². The number of para-hydroxylation sites is 1. The number of nitrogens with zero attached hydrogens (tertiary/aromatic N) is 5. The summed E-state index contributed by atoms with van der Waals surface area (Å²) in [5.74, 6) is 0.0339. The first-order valence-electron chi connectivity index (χ1n) is 15.2. The van der Waals surface area contributed by atoms with Gasteiger partial charge in [-0.2, -0.15) is 0 Å². The Labute approximate surface area is 247 Å². The first-order valence-corrected chi connectivity index (χ1v) is 15.2. The van der Waals surface area contributed by atoms with E-state index in [4.69, 9.17) is 4.99 Å². The number of rotatable bonds is 6. The Morgan fingerprint density at radius 3 is 2.33 bits per heavy atom. The summed E-state index contributed by atoms with van der Waals surface area (Å²) in [5.41, 5.74) is 2.23. The largest absolute Gasteiger partial charge is 0.388 e. The normalized spacial score (nSPS) is 21.9. The van der Waals surface area contributed by atoms with Crippen LogP contribution in [0.3, 0.4) is 0 Å². The van der Waals surface area contributed by atoms with Crippen molar-refractivity contribution in [2.24, 2.45) is 16.8 Å². The molecule has 3 aromatic rings. The average Bonchev–Trinajstić information content (AvgIpc) is 3.44. The zero-order valence-corrected chi connectivity index (χ0v) is 24.6. The molecule has 2 amide bonds. The molecule has 0 bridgehead atoms. The zero-order valence-electron chi connectivity index (χ0n) is 24.6. The molecule has 220 valence electrons. The first-order chi connectivity index (χ1) is 20.3. The summed E-state index contributed by atoms with van der Waals surface area (Å²) < 4.78 is 2.09. The molecule has 6 rings (SSSR count). The van der Waals surface area contributed by atoms with Gasteiger partial charge in [-0.3, -0.25) is 9.59 Å². The van der Waals surface area contributed by atoms with Crippen LogP contribution in [-0.4, -0.2) is 81.2 Å². The van der Waals surface area contributed by atoms with Crippen molar-refractivity contribution >= 4 is 18.0 Å². The number of aliphatic hydroxyl groups is 1. The Morgan fingerprint density at radius 2 is 1.64 bits per heavy atom. The summed E-state index contributed by atoms with van der Waals surface area (Å²) in [7, 11) is 0. The molecule has 2 atom stereocenters. The van der Waals surface area contributed by atoms with Gasteiger partial charge < -0.3 is 24.4 Å². The summed E-state index contributed by atoms with van der Waals surface area (Å²) in [6.07, 6.45) is 5.85. The molecule has 3 aliphatic rings. The Hall–Kier alpha value is -3.91. The van der Waals surface area contributed by atoms with Crippen LogP contribution in [-0.2, 0) is 9.59 Å². The highest BCUT2D eigenvalue weighted by molar-refractivity contribution is 5.82. The third-order valence-corrected chi connectivity index (χ3v) is 9.11. The summed E-state index contributed by atoms with van der Waals surface area (Å²) in [5, 5.41) is 12.6. The van der Waals surface area contributed by atoms with Crippen LogP contribution in [0.25, 0.3) is 11.9 Å². The molecule has 0 unspecified atom stereocenters. The molecule has 8 nitrogen and oxygen atoms in total. The third-order valence-electron chi connectivity index (χ3n) is 9.11. The molecular formula is C34H41N5O3. The van der Waals surface area contributed by atoms with Crippen LogP contribution in [0.2, 0.25) is 0 Å². The van der Waals surface area contributed by atoms with Gasteiger partial charge in [0.25, 0.3) is 0 Å². The Kier molecular flexibility index (Phi) is 7.90. The molecule has 0 radical (unpaired) electrons. The average molecular weight is 568 g/mol. The molecule has 1 aromatic heterocycles. The van der Waals surface area contributed by atoms with Crippen molar-refractivity contribution in [1.29, 1.82) is 0 Å². The van der Waals surface area contributed by atoms with Crippen molar-refractivity contribution in [3.05, 3.63) is 89.2 Å². The number of fused-ring (bicyclic) bond motifs is 1. The van der Waals surface area contributed by atoms with Crippen LogP contribution in [0, 0.1) is 11.8 Å². The van der Waals surface area contributed by atoms with E-state index in [-0.39, 0.29) is 29.6 Å². The van der Waals surface area contributed by atoms with E-state index < -0.39 is 5.60 Å². The minimum Gasteiger partial charge on any atom is -0.388 e. The number of hydrogen-bond acceptors (Lipinski definition) is 5. The number of likely N-dealkylation sites (tertiary alicyclic amines) is 2. The van der Waals surface area contributed by atoms with Crippen molar-refractivity contribution in [2.75, 3.05) is 39.4 Å². The Morgan fingerprint density at radius 1 is 0.952 bits per heavy atom. The van der Waals surface area contributed by atoms with Gasteiger partial charge in [0.1, 0.15) is 12.2 Å². The number of β-amino-alcohol motifs (C(OH)–C–C–N with tert-alkyl or cyclic N) is 1. The lowest BCUT2D eigenvalue weighted by Crippen LogP contribution is -2.55. The SMILES string of the molecule is CC(C)C(=O)N1CC[C@@H](C(=O)N2CCC(O)(CN3C=c4ccn(-c5ccccc5)c4=NC3)CC2)[C@H](c2ccccc2)C1. The van der Waals surface area contributed by atoms with E-state index in [1.165, 1.54) is 0 Å². The van der Waals surface area contributed by atoms with Gasteiger partial charge in [0.05, 0.1) is 5.60 Å². The molecule has 0 aliphatic carbocycles. The van der Waals surface area contributed by atoms with E-state index >= 15 is 0 Å². The lowest BCUT2D eigenvalue weighted by atomic mass is 9.79. The van der Waals surface area contributed by atoms with Crippen LogP contribution < -0.4 is 10.7 Å². The van der Waals surface area contributed by atoms with Crippen molar-refractivity contribution in [3.63, 3.8) is 0 Å². The van der Waals surface area contributed by atoms with Crippen molar-refractivity contribution in [1.82, 2.24) is 19.3 Å². The summed E-state index contributed by atoms with van der Waals surface area (Å²) in [6.45, 7) is 7.07. The van der Waals surface area contributed by atoms with Crippen LogP contribution in [0.15, 0.2) is 77.9 Å². The fraction of sp³-hybridized carbons (Fsp3) is 0.441. The maximum Gasteiger partial charge on any atom is 0.226 e. The molecular weight excluding hydrogens is 526 g/mol. The second-order valence-electron chi connectivity index (χ2n) is 12.4. The predicted octanol–water partition coefficient (Wildman–Crippen LogP) is 2.75. The number of amides is 2. The molecule has 2 fully saturated rings. The number of hydrogen-bond donors (Lipinski definition) is 1. The van der Waals surface area contributed by atoms with Crippen LogP contribution in [0.4, 0.5) is 0 Å². The van der Waals surface area contributed by atoms with E-state index in [1.807, 2.05) is 66.2 Å². The van der Waals surface area contributed by atoms with Gasteiger partial charge in [-0.05, 0) is 43.0 Å². The fourth-order valence-corrected chi connectivity index (χ4v) is 6.76. The van der Waals surface area contributed by atoms with Gasteiger partial charge in [-0.25, -0.2) is 4.99 Å². The van der Waals surface area contributed by atoms with E-state index in [1.54, 1.807) is 0 Å². The van der Waals surface area contributed by atoms with Crippen LogP contribution in [0.1, 0.15) is 44.6 Å². The van der Waals surface area contributed by atoms with Crippen LogP contribution in [0.5, 0.6) is 0 Å². The van der Waals surface area contributed by atoms with Crippen molar-refractivity contribution < 1.29 is 14.7 Å². The highest BCUT2D eigenvalue weighted by Gasteiger charge is 2.42. The Balaban J connectivity index is 1.10. The second kappa shape index (κ2) is 11.8. The maximum absolute atomic E-state index is 13.9. The topological polar surface area (TPSA) is 81.4 Å². The standard InChI is InChI=1S/C34H41N5O3/c1-25(2)32(40)38-17-14-29(30(22-38)26-9-5-3-6-10-26)33(41)37-19-15-34(42,16-20-37)23-36-21-27-13-18-39(31(27)35-24-36)28-11-7-4-8-12-28/h3-13,18,21,25,29-30,42H,14-17,19-20,22-24H2,1-2H3/t29-,30+/m1/s1. The lowest BCUT2D eigenvalue weighted by Gasteiger charge is -2.44.